The Bertz CT molecular complexity index is 1300. The summed E-state index contributed by atoms with van der Waals surface area (Å²) in [5, 5.41) is 10.9. The molecule has 55 heavy (non-hydrogen) atoms. The molecule has 13 atom stereocenters. The van der Waals surface area contributed by atoms with Crippen LogP contribution in [0.2, 0.25) is 0 Å². The van der Waals surface area contributed by atoms with Gasteiger partial charge in [0.2, 0.25) is 0 Å². The Labute approximate surface area is 333 Å². The molecule has 0 amide bonds. The van der Waals surface area contributed by atoms with E-state index in [1.807, 2.05) is 42.3 Å². The second kappa shape index (κ2) is 19.6. The number of aliphatic hydroxyl groups is 1. The Balaban J connectivity index is 1.53. The average molecular weight is 827 g/mol. The zero-order chi connectivity index (χ0) is 40.9. The first-order valence-electron chi connectivity index (χ1n) is 21.3. The number of rotatable bonds is 23. The second-order valence-electron chi connectivity index (χ2n) is 20.0. The summed E-state index contributed by atoms with van der Waals surface area (Å²) in [6, 6.07) is 0. The highest BCUT2D eigenvalue weighted by atomic mass is 31.2. The molecule has 0 aromatic carbocycles. The number of nitrogens with zero attached hydrogens (tertiary/aromatic N) is 2. The first-order chi connectivity index (χ1) is 25.5. The lowest BCUT2D eigenvalue weighted by molar-refractivity contribution is -0.870. The van der Waals surface area contributed by atoms with Crippen molar-refractivity contribution in [1.82, 2.24) is 0 Å². The maximum absolute atomic E-state index is 12.7. The van der Waals surface area contributed by atoms with Gasteiger partial charge in [0.15, 0.2) is 0 Å². The van der Waals surface area contributed by atoms with Crippen LogP contribution in [0.1, 0.15) is 98.3 Å². The van der Waals surface area contributed by atoms with Crippen molar-refractivity contribution in [2.75, 3.05) is 95.0 Å². The molecule has 4 fully saturated rings. The van der Waals surface area contributed by atoms with Gasteiger partial charge in [0, 0.05) is 5.41 Å². The molecule has 0 saturated heterocycles. The van der Waals surface area contributed by atoms with E-state index in [-0.39, 0.29) is 86.5 Å². The molecular weight excluding hydrogens is 746 g/mol. The lowest BCUT2D eigenvalue weighted by atomic mass is 9.43. The number of phosphoric acid groups is 2. The van der Waals surface area contributed by atoms with Gasteiger partial charge in [-0.15, -0.1) is 0 Å². The van der Waals surface area contributed by atoms with Gasteiger partial charge in [0.1, 0.15) is 26.3 Å². The molecule has 0 aromatic rings. The molecule has 0 heterocycles. The third kappa shape index (κ3) is 13.0. The van der Waals surface area contributed by atoms with Crippen LogP contribution in [-0.2, 0) is 36.7 Å². The Morgan fingerprint density at radius 3 is 1.85 bits per heavy atom. The van der Waals surface area contributed by atoms with Gasteiger partial charge in [-0.1, -0.05) is 53.4 Å². The summed E-state index contributed by atoms with van der Waals surface area (Å²) in [5.74, 6) is 2.13. The van der Waals surface area contributed by atoms with Crippen molar-refractivity contribution in [1.29, 1.82) is 0 Å². The summed E-state index contributed by atoms with van der Waals surface area (Å²) in [4.78, 5) is 20.8. The Kier molecular flexibility index (Phi) is 17.0. The van der Waals surface area contributed by atoms with Crippen LogP contribution >= 0.6 is 15.6 Å². The number of phosphoric ester groups is 2. The summed E-state index contributed by atoms with van der Waals surface area (Å²) >= 11 is 0. The van der Waals surface area contributed by atoms with Crippen LogP contribution in [0, 0.1) is 46.3 Å². The number of hydrogen-bond acceptors (Lipinski definition) is 9. The standard InChI is InChI=1S/C40H78N2O11P2/c1-11-12-13-14-30(2)33-15-16-34-38-35(29-37(40(33,34)4)49-24-26-53-55(46,47)51-22-20-42(8,9)10)39(3)18-17-32(43)27-31(39)28-36(38)48-23-25-52-54(44,45)50-21-19-41(5,6)7/h30-38,43H,11-29H2,1-10H3/p+2/t30-,31+,32-,33-,34+,35+,36-,37+,38+,39+,40-/m1/s1. The molecule has 3 N–H and O–H groups in total. The first kappa shape index (κ1) is 47.7. The van der Waals surface area contributed by atoms with Gasteiger partial charge in [-0.2, -0.15) is 0 Å². The quantitative estimate of drug-likeness (QED) is 0.0562. The van der Waals surface area contributed by atoms with Gasteiger partial charge < -0.3 is 33.3 Å². The van der Waals surface area contributed by atoms with Gasteiger partial charge in [-0.05, 0) is 85.9 Å². The molecular formula is C40H80N2O11P2+2. The van der Waals surface area contributed by atoms with Crippen molar-refractivity contribution in [3.8, 4) is 0 Å². The molecule has 2 unspecified atom stereocenters. The molecule has 4 rings (SSSR count). The van der Waals surface area contributed by atoms with E-state index in [0.29, 0.717) is 39.8 Å². The van der Waals surface area contributed by atoms with Gasteiger partial charge in [-0.3, -0.25) is 18.1 Å². The fraction of sp³-hybridized carbons (Fsp3) is 1.00. The molecule has 15 heteroatoms. The number of fused-ring (bicyclic) bond motifs is 5. The number of unbranched alkanes of at least 4 members (excludes halogenated alkanes) is 2. The molecule has 0 radical (unpaired) electrons. The Hall–Kier alpha value is 0.0200. The van der Waals surface area contributed by atoms with Gasteiger partial charge in [-0.25, -0.2) is 9.13 Å². The van der Waals surface area contributed by atoms with E-state index < -0.39 is 15.6 Å². The monoisotopic (exact) mass is 827 g/mol. The SMILES string of the molecule is CCCCC[C@@H](C)[C@H]1CC[C@H]2[C@@H]3[C@H](OCCOP(=O)(O)OCC[N+](C)(C)C)C[C@@H]4C[C@H](O)CC[C@]4(C)[C@H]3C[C@H](OCCOP(=O)(O)OCC[N+](C)(C)C)[C@]12C. The van der Waals surface area contributed by atoms with E-state index in [9.17, 15) is 24.0 Å². The number of ether oxygens (including phenoxy) is 2. The van der Waals surface area contributed by atoms with Crippen LogP contribution in [0.4, 0.5) is 0 Å². The molecule has 4 aliphatic carbocycles. The summed E-state index contributed by atoms with van der Waals surface area (Å²) in [7, 11) is 3.54. The third-order valence-electron chi connectivity index (χ3n) is 14.1. The van der Waals surface area contributed by atoms with Crippen LogP contribution in [0.15, 0.2) is 0 Å². The van der Waals surface area contributed by atoms with Crippen LogP contribution in [0.5, 0.6) is 0 Å². The van der Waals surface area contributed by atoms with Crippen molar-refractivity contribution in [3.05, 3.63) is 0 Å². The molecule has 0 aromatic heterocycles. The smallest absolute Gasteiger partial charge is 0.393 e. The van der Waals surface area contributed by atoms with E-state index in [1.165, 1.54) is 25.7 Å². The van der Waals surface area contributed by atoms with Crippen LogP contribution in [0.25, 0.3) is 0 Å². The molecule has 0 spiro atoms. The molecule has 0 aliphatic heterocycles. The number of aliphatic hydroxyl groups excluding tert-OH is 1. The van der Waals surface area contributed by atoms with E-state index >= 15 is 0 Å². The van der Waals surface area contributed by atoms with E-state index in [2.05, 4.69) is 27.7 Å². The lowest BCUT2D eigenvalue weighted by Gasteiger charge is -2.64. The highest BCUT2D eigenvalue weighted by Crippen LogP contribution is 2.69. The highest BCUT2D eigenvalue weighted by Gasteiger charge is 2.66. The third-order valence-corrected chi connectivity index (χ3v) is 16.1. The molecule has 13 nitrogen and oxygen atoms in total. The molecule has 4 saturated carbocycles. The Morgan fingerprint density at radius 2 is 1.29 bits per heavy atom. The zero-order valence-corrected chi connectivity index (χ0v) is 37.8. The summed E-state index contributed by atoms with van der Waals surface area (Å²) < 4.78 is 61.6. The van der Waals surface area contributed by atoms with Crippen molar-refractivity contribution in [2.24, 2.45) is 46.3 Å². The maximum atomic E-state index is 12.7. The molecule has 324 valence electrons. The van der Waals surface area contributed by atoms with E-state index in [4.69, 9.17) is 27.6 Å². The summed E-state index contributed by atoms with van der Waals surface area (Å²) in [6.07, 6.45) is 10.7. The normalized spacial score (nSPS) is 36.7. The van der Waals surface area contributed by atoms with Gasteiger partial charge in [0.05, 0.1) is 87.0 Å². The molecule has 4 aliphatic rings. The maximum Gasteiger partial charge on any atom is 0.472 e. The number of hydrogen-bond donors (Lipinski definition) is 3. The largest absolute Gasteiger partial charge is 0.472 e. The second-order valence-corrected chi connectivity index (χ2v) is 22.9. The van der Waals surface area contributed by atoms with Crippen molar-refractivity contribution in [2.45, 2.75) is 117 Å². The molecule has 0 bridgehead atoms. The zero-order valence-electron chi connectivity index (χ0n) is 36.0. The van der Waals surface area contributed by atoms with Crippen molar-refractivity contribution >= 4 is 15.6 Å². The first-order valence-corrected chi connectivity index (χ1v) is 24.3. The lowest BCUT2D eigenvalue weighted by Crippen LogP contribution is -2.63. The topological polar surface area (TPSA) is 150 Å². The number of likely N-dealkylation sites (N-methyl/N-ethyl adjacent to an activating group) is 2. The number of quaternary nitrogens is 2. The van der Waals surface area contributed by atoms with Crippen molar-refractivity contribution < 1.29 is 60.6 Å². The van der Waals surface area contributed by atoms with Gasteiger partial charge in [0.25, 0.3) is 0 Å². The summed E-state index contributed by atoms with van der Waals surface area (Å²) in [6.45, 7) is 11.2. The van der Waals surface area contributed by atoms with E-state index in [0.717, 1.165) is 44.9 Å². The summed E-state index contributed by atoms with van der Waals surface area (Å²) in [5.41, 5.74) is -0.141. The van der Waals surface area contributed by atoms with Crippen molar-refractivity contribution in [3.63, 3.8) is 0 Å². The van der Waals surface area contributed by atoms with Crippen LogP contribution in [-0.4, -0.2) is 137 Å². The van der Waals surface area contributed by atoms with E-state index in [1.54, 1.807) is 0 Å². The predicted molar refractivity (Wildman–Crippen MR) is 214 cm³/mol. The Morgan fingerprint density at radius 1 is 0.727 bits per heavy atom. The predicted octanol–water partition coefficient (Wildman–Crippen LogP) is 6.89. The van der Waals surface area contributed by atoms with Crippen LogP contribution < -0.4 is 0 Å². The minimum absolute atomic E-state index is 0.00490. The highest BCUT2D eigenvalue weighted by molar-refractivity contribution is 7.47. The minimum atomic E-state index is -4.22. The fourth-order valence-electron chi connectivity index (χ4n) is 11.0. The van der Waals surface area contributed by atoms with Gasteiger partial charge >= 0.3 is 15.6 Å². The minimum Gasteiger partial charge on any atom is -0.393 e. The van der Waals surface area contributed by atoms with Crippen LogP contribution in [0.3, 0.4) is 0 Å². The fourth-order valence-corrected chi connectivity index (χ4v) is 12.4. The average Bonchev–Trinajstić information content (AvgIpc) is 3.42.